The average Bonchev–Trinajstić information content (AvgIpc) is 3.58. The fourth-order valence-corrected chi connectivity index (χ4v) is 4.51. The van der Waals surface area contributed by atoms with E-state index in [1.807, 2.05) is 12.1 Å². The molecular weight excluding hydrogens is 539 g/mol. The largest absolute Gasteiger partial charge is 0.468 e. The number of rotatable bonds is 9. The number of nitrogens with zero attached hydrogens (tertiary/aromatic N) is 4. The van der Waals surface area contributed by atoms with Crippen LogP contribution < -0.4 is 10.6 Å². The van der Waals surface area contributed by atoms with Crippen LogP contribution in [0.5, 0.6) is 0 Å². The standard InChI is InChI=1S/C26H36N6O.HI/c1-4-27-26(29-18-24(25-13-10-16-33-25)31-14-8-9-15-31)28-17-23-20(2)30-32(21(23)3)19-22-11-6-5-7-12-22;/h5-7,10-13,16,24H,4,8-9,14-15,17-19H2,1-3H3,(H2,27,28,29);1H. The summed E-state index contributed by atoms with van der Waals surface area (Å²) < 4.78 is 7.84. The molecule has 1 unspecified atom stereocenters. The van der Waals surface area contributed by atoms with Crippen LogP contribution in [0, 0.1) is 13.8 Å². The minimum absolute atomic E-state index is 0. The summed E-state index contributed by atoms with van der Waals surface area (Å²) in [6, 6.07) is 14.7. The van der Waals surface area contributed by atoms with Crippen molar-refractivity contribution in [1.82, 2.24) is 25.3 Å². The number of guanidine groups is 1. The zero-order valence-corrected chi connectivity index (χ0v) is 22.8. The minimum Gasteiger partial charge on any atom is -0.468 e. The molecule has 0 spiro atoms. The van der Waals surface area contributed by atoms with Gasteiger partial charge in [-0.1, -0.05) is 30.3 Å². The number of aryl methyl sites for hydroxylation is 1. The highest BCUT2D eigenvalue weighted by atomic mass is 127. The van der Waals surface area contributed by atoms with Gasteiger partial charge in [0.1, 0.15) is 5.76 Å². The van der Waals surface area contributed by atoms with Gasteiger partial charge in [-0.05, 0) is 64.4 Å². The Hall–Kier alpha value is -2.33. The number of aliphatic imine (C=N–C) groups is 1. The van der Waals surface area contributed by atoms with Crippen LogP contribution in [-0.2, 0) is 13.1 Å². The van der Waals surface area contributed by atoms with E-state index in [2.05, 4.69) is 71.3 Å². The van der Waals surface area contributed by atoms with Crippen LogP contribution in [0.15, 0.2) is 58.1 Å². The Balaban J connectivity index is 0.00000324. The summed E-state index contributed by atoms with van der Waals surface area (Å²) in [6.45, 7) is 11.5. The molecule has 184 valence electrons. The fraction of sp³-hybridized carbons (Fsp3) is 0.462. The van der Waals surface area contributed by atoms with Gasteiger partial charge in [-0.3, -0.25) is 9.58 Å². The Kier molecular flexibility index (Phi) is 10.0. The van der Waals surface area contributed by atoms with Gasteiger partial charge in [-0.25, -0.2) is 4.99 Å². The summed E-state index contributed by atoms with van der Waals surface area (Å²) in [7, 11) is 0. The molecule has 34 heavy (non-hydrogen) atoms. The maximum absolute atomic E-state index is 5.76. The highest BCUT2D eigenvalue weighted by Gasteiger charge is 2.25. The zero-order chi connectivity index (χ0) is 23.0. The lowest BCUT2D eigenvalue weighted by Gasteiger charge is -2.26. The lowest BCUT2D eigenvalue weighted by molar-refractivity contribution is 0.215. The molecule has 2 N–H and O–H groups in total. The molecule has 1 aliphatic rings. The number of likely N-dealkylation sites (tertiary alicyclic amines) is 1. The van der Waals surface area contributed by atoms with E-state index in [1.165, 1.54) is 29.7 Å². The molecule has 0 radical (unpaired) electrons. The maximum atomic E-state index is 5.76. The van der Waals surface area contributed by atoms with Gasteiger partial charge in [-0.15, -0.1) is 24.0 Å². The second-order valence-electron chi connectivity index (χ2n) is 8.64. The molecule has 0 aliphatic carbocycles. The van der Waals surface area contributed by atoms with Crippen LogP contribution in [-0.4, -0.2) is 46.8 Å². The number of aromatic nitrogens is 2. The molecule has 0 saturated carbocycles. The minimum atomic E-state index is 0. The smallest absolute Gasteiger partial charge is 0.191 e. The predicted molar refractivity (Wildman–Crippen MR) is 148 cm³/mol. The van der Waals surface area contributed by atoms with E-state index in [9.17, 15) is 0 Å². The van der Waals surface area contributed by atoms with E-state index < -0.39 is 0 Å². The Morgan fingerprint density at radius 2 is 1.85 bits per heavy atom. The summed E-state index contributed by atoms with van der Waals surface area (Å²) in [6.07, 6.45) is 4.25. The van der Waals surface area contributed by atoms with Crippen LogP contribution in [0.1, 0.15) is 54.1 Å². The molecule has 1 saturated heterocycles. The average molecular weight is 577 g/mol. The molecule has 7 nitrogen and oxygen atoms in total. The molecule has 3 heterocycles. The SMILES string of the molecule is CCNC(=NCc1c(C)nn(Cc2ccccc2)c1C)NCC(c1ccco1)N1CCCC1.I. The van der Waals surface area contributed by atoms with Crippen LogP contribution in [0.2, 0.25) is 0 Å². The van der Waals surface area contributed by atoms with Crippen LogP contribution in [0.3, 0.4) is 0 Å². The van der Waals surface area contributed by atoms with E-state index in [0.29, 0.717) is 6.54 Å². The summed E-state index contributed by atoms with van der Waals surface area (Å²) >= 11 is 0. The predicted octanol–water partition coefficient (Wildman–Crippen LogP) is 4.65. The van der Waals surface area contributed by atoms with Crippen molar-refractivity contribution < 1.29 is 4.42 Å². The van der Waals surface area contributed by atoms with E-state index in [4.69, 9.17) is 14.5 Å². The first kappa shape index (κ1) is 26.3. The Morgan fingerprint density at radius 3 is 2.53 bits per heavy atom. The quantitative estimate of drug-likeness (QED) is 0.221. The van der Waals surface area contributed by atoms with Gasteiger partial charge in [0.25, 0.3) is 0 Å². The first-order chi connectivity index (χ1) is 16.2. The first-order valence-electron chi connectivity index (χ1n) is 12.0. The second-order valence-corrected chi connectivity index (χ2v) is 8.64. The molecule has 0 bridgehead atoms. The number of hydrogen-bond donors (Lipinski definition) is 2. The van der Waals surface area contributed by atoms with Crippen molar-refractivity contribution in [2.75, 3.05) is 26.2 Å². The van der Waals surface area contributed by atoms with Crippen LogP contribution >= 0.6 is 24.0 Å². The van der Waals surface area contributed by atoms with Crippen molar-refractivity contribution in [3.8, 4) is 0 Å². The third-order valence-corrected chi connectivity index (χ3v) is 6.36. The molecule has 0 amide bonds. The van der Waals surface area contributed by atoms with Crippen molar-refractivity contribution >= 4 is 29.9 Å². The fourth-order valence-electron chi connectivity index (χ4n) is 4.51. The lowest BCUT2D eigenvalue weighted by Crippen LogP contribution is -2.42. The van der Waals surface area contributed by atoms with Crippen LogP contribution in [0.4, 0.5) is 0 Å². The van der Waals surface area contributed by atoms with Gasteiger partial charge in [0.15, 0.2) is 5.96 Å². The van der Waals surface area contributed by atoms with E-state index in [-0.39, 0.29) is 30.0 Å². The molecule has 1 fully saturated rings. The molecular formula is C26H37IN6O. The van der Waals surface area contributed by atoms with E-state index in [1.54, 1.807) is 6.26 Å². The highest BCUT2D eigenvalue weighted by Crippen LogP contribution is 2.25. The molecule has 4 rings (SSSR count). The van der Waals surface area contributed by atoms with Gasteiger partial charge in [0, 0.05) is 24.3 Å². The van der Waals surface area contributed by atoms with Gasteiger partial charge in [-0.2, -0.15) is 5.10 Å². The van der Waals surface area contributed by atoms with Crippen molar-refractivity contribution in [3.05, 3.63) is 77.0 Å². The molecule has 1 aromatic carbocycles. The summed E-state index contributed by atoms with van der Waals surface area (Å²) in [4.78, 5) is 7.39. The third kappa shape index (κ3) is 6.63. The molecule has 3 aromatic rings. The van der Waals surface area contributed by atoms with Crippen molar-refractivity contribution in [1.29, 1.82) is 0 Å². The zero-order valence-electron chi connectivity index (χ0n) is 20.5. The van der Waals surface area contributed by atoms with E-state index in [0.717, 1.165) is 50.1 Å². The summed E-state index contributed by atoms with van der Waals surface area (Å²) in [5.74, 6) is 1.83. The highest BCUT2D eigenvalue weighted by molar-refractivity contribution is 14.0. The van der Waals surface area contributed by atoms with E-state index >= 15 is 0 Å². The van der Waals surface area contributed by atoms with Gasteiger partial charge < -0.3 is 15.1 Å². The first-order valence-corrected chi connectivity index (χ1v) is 12.0. The summed E-state index contributed by atoms with van der Waals surface area (Å²) in [5.41, 5.74) is 4.64. The number of halogens is 1. The molecule has 2 aromatic heterocycles. The monoisotopic (exact) mass is 576 g/mol. The Bertz CT molecular complexity index is 1030. The van der Waals surface area contributed by atoms with Gasteiger partial charge >= 0.3 is 0 Å². The number of hydrogen-bond acceptors (Lipinski definition) is 4. The van der Waals surface area contributed by atoms with Gasteiger partial charge in [0.2, 0.25) is 0 Å². The Labute approximate surface area is 220 Å². The normalized spacial score (nSPS) is 15.2. The number of nitrogens with one attached hydrogen (secondary N) is 2. The second kappa shape index (κ2) is 12.9. The molecule has 1 aliphatic heterocycles. The summed E-state index contributed by atoms with van der Waals surface area (Å²) in [5, 5.41) is 11.7. The maximum Gasteiger partial charge on any atom is 0.191 e. The lowest BCUT2D eigenvalue weighted by atomic mass is 10.2. The van der Waals surface area contributed by atoms with Crippen molar-refractivity contribution in [3.63, 3.8) is 0 Å². The number of benzene rings is 1. The van der Waals surface area contributed by atoms with Crippen LogP contribution in [0.25, 0.3) is 0 Å². The molecule has 8 heteroatoms. The van der Waals surface area contributed by atoms with Crippen molar-refractivity contribution in [2.45, 2.75) is 52.7 Å². The topological polar surface area (TPSA) is 70.6 Å². The third-order valence-electron chi connectivity index (χ3n) is 6.36. The number of furan rings is 1. The van der Waals surface area contributed by atoms with Crippen molar-refractivity contribution in [2.24, 2.45) is 4.99 Å². The Morgan fingerprint density at radius 1 is 1.09 bits per heavy atom. The molecule has 1 atom stereocenters. The van der Waals surface area contributed by atoms with Gasteiger partial charge in [0.05, 0.1) is 31.1 Å².